The summed E-state index contributed by atoms with van der Waals surface area (Å²) in [5.74, 6) is 0. The number of thiophene rings is 1. The van der Waals surface area contributed by atoms with Crippen molar-refractivity contribution in [3.05, 3.63) is 63.1 Å². The number of rotatable bonds is 3. The van der Waals surface area contributed by atoms with Gasteiger partial charge in [0.25, 0.3) is 0 Å². The molecule has 2 heterocycles. The minimum Gasteiger partial charge on any atom is -0.398 e. The van der Waals surface area contributed by atoms with Gasteiger partial charge >= 0.3 is 5.00 Å². The summed E-state index contributed by atoms with van der Waals surface area (Å²) in [6, 6.07) is 12.6. The van der Waals surface area contributed by atoms with Gasteiger partial charge in [-0.25, -0.2) is 4.98 Å². The lowest BCUT2D eigenvalue weighted by atomic mass is 10.1. The highest BCUT2D eigenvalue weighted by Crippen LogP contribution is 2.26. The largest absolute Gasteiger partial charge is 0.398 e. The van der Waals surface area contributed by atoms with E-state index in [1.165, 1.54) is 6.07 Å². The highest BCUT2D eigenvalue weighted by atomic mass is 32.1. The van der Waals surface area contributed by atoms with Crippen LogP contribution in [0.25, 0.3) is 23.1 Å². The van der Waals surface area contributed by atoms with Crippen molar-refractivity contribution in [1.82, 2.24) is 4.98 Å². The monoisotopic (exact) mass is 297 g/mol. The van der Waals surface area contributed by atoms with E-state index in [1.807, 2.05) is 24.3 Å². The topological polar surface area (TPSA) is 82.0 Å². The normalized spacial score (nSPS) is 11.2. The second-order valence-corrected chi connectivity index (χ2v) is 5.51. The van der Waals surface area contributed by atoms with Gasteiger partial charge in [0.15, 0.2) is 0 Å². The average Bonchev–Trinajstić information content (AvgIpc) is 2.94. The van der Waals surface area contributed by atoms with E-state index in [4.69, 9.17) is 5.73 Å². The number of nitrogens with zero attached hydrogens (tertiary/aromatic N) is 2. The van der Waals surface area contributed by atoms with Gasteiger partial charge in [-0.15, -0.1) is 0 Å². The quantitative estimate of drug-likeness (QED) is 0.586. The first-order chi connectivity index (χ1) is 10.1. The Balaban J connectivity index is 1.93. The lowest BCUT2D eigenvalue weighted by Crippen LogP contribution is -1.91. The van der Waals surface area contributed by atoms with Crippen LogP contribution in [0, 0.1) is 10.1 Å². The summed E-state index contributed by atoms with van der Waals surface area (Å²) in [6.07, 6.45) is 3.60. The molecule has 5 nitrogen and oxygen atoms in total. The molecule has 0 aliphatic heterocycles. The molecule has 0 radical (unpaired) electrons. The Morgan fingerprint density at radius 3 is 2.76 bits per heavy atom. The molecule has 0 atom stereocenters. The van der Waals surface area contributed by atoms with Gasteiger partial charge in [0.1, 0.15) is 0 Å². The Labute approximate surface area is 124 Å². The number of pyridine rings is 1. The molecule has 2 aromatic heterocycles. The van der Waals surface area contributed by atoms with Crippen LogP contribution in [0.15, 0.2) is 42.5 Å². The number of nitro groups is 1. The molecule has 0 amide bonds. The van der Waals surface area contributed by atoms with Gasteiger partial charge in [0.2, 0.25) is 0 Å². The zero-order chi connectivity index (χ0) is 14.8. The molecule has 0 bridgehead atoms. The second kappa shape index (κ2) is 5.34. The zero-order valence-electron chi connectivity index (χ0n) is 10.9. The minimum absolute atomic E-state index is 0.126. The molecular weight excluding hydrogens is 286 g/mol. The van der Waals surface area contributed by atoms with E-state index < -0.39 is 4.92 Å². The van der Waals surface area contributed by atoms with Gasteiger partial charge in [-0.2, -0.15) is 0 Å². The molecule has 21 heavy (non-hydrogen) atoms. The maximum absolute atomic E-state index is 10.6. The molecule has 2 N–H and O–H groups in total. The molecule has 0 fully saturated rings. The first kappa shape index (κ1) is 13.3. The van der Waals surface area contributed by atoms with Crippen LogP contribution in [0.3, 0.4) is 0 Å². The lowest BCUT2D eigenvalue weighted by molar-refractivity contribution is -0.380. The maximum atomic E-state index is 10.6. The van der Waals surface area contributed by atoms with Crippen LogP contribution < -0.4 is 5.73 Å². The molecule has 1 aromatic carbocycles. The van der Waals surface area contributed by atoms with Crippen molar-refractivity contribution < 1.29 is 4.92 Å². The first-order valence-electron chi connectivity index (χ1n) is 6.21. The number of para-hydroxylation sites is 1. The number of fused-ring (bicyclic) bond motifs is 1. The molecule has 104 valence electrons. The number of aromatic nitrogens is 1. The Morgan fingerprint density at radius 2 is 2.00 bits per heavy atom. The van der Waals surface area contributed by atoms with E-state index in [9.17, 15) is 10.1 Å². The highest BCUT2D eigenvalue weighted by Gasteiger charge is 2.07. The number of benzene rings is 1. The Kier molecular flexibility index (Phi) is 3.37. The fourth-order valence-electron chi connectivity index (χ4n) is 2.01. The number of nitrogen functional groups attached to an aromatic ring is 1. The highest BCUT2D eigenvalue weighted by molar-refractivity contribution is 7.16. The molecule has 6 heteroatoms. The zero-order valence-corrected chi connectivity index (χ0v) is 11.7. The fraction of sp³-hybridized carbons (Fsp3) is 0. The smallest absolute Gasteiger partial charge is 0.324 e. The summed E-state index contributed by atoms with van der Waals surface area (Å²) in [5.41, 5.74) is 8.23. The van der Waals surface area contributed by atoms with Crippen molar-refractivity contribution in [3.63, 3.8) is 0 Å². The SMILES string of the molecule is Nc1cc(/C=C/c2ccc([N+](=O)[O-])s2)nc2ccccc12. The Hall–Kier alpha value is -2.73. The van der Waals surface area contributed by atoms with Gasteiger partial charge < -0.3 is 5.73 Å². The molecule has 3 aromatic rings. The van der Waals surface area contributed by atoms with Crippen LogP contribution >= 0.6 is 11.3 Å². The van der Waals surface area contributed by atoms with E-state index in [-0.39, 0.29) is 5.00 Å². The average molecular weight is 297 g/mol. The number of nitrogens with two attached hydrogens (primary N) is 1. The molecule has 0 saturated carbocycles. The molecule has 0 unspecified atom stereocenters. The fourth-order valence-corrected chi connectivity index (χ4v) is 2.73. The summed E-state index contributed by atoms with van der Waals surface area (Å²) in [6.45, 7) is 0. The van der Waals surface area contributed by atoms with Crippen LogP contribution in [0.2, 0.25) is 0 Å². The molecule has 0 spiro atoms. The molecule has 0 saturated heterocycles. The Morgan fingerprint density at radius 1 is 1.19 bits per heavy atom. The van der Waals surface area contributed by atoms with E-state index in [0.717, 1.165) is 32.8 Å². The lowest BCUT2D eigenvalue weighted by Gasteiger charge is -2.02. The third-order valence-corrected chi connectivity index (χ3v) is 3.98. The van der Waals surface area contributed by atoms with Crippen molar-refractivity contribution >= 4 is 45.1 Å². The van der Waals surface area contributed by atoms with Crippen LogP contribution in [0.5, 0.6) is 0 Å². The van der Waals surface area contributed by atoms with Crippen LogP contribution in [-0.4, -0.2) is 9.91 Å². The van der Waals surface area contributed by atoms with Crippen molar-refractivity contribution in [1.29, 1.82) is 0 Å². The number of hydrogen-bond donors (Lipinski definition) is 1. The van der Waals surface area contributed by atoms with Gasteiger partial charge in [0, 0.05) is 22.0 Å². The van der Waals surface area contributed by atoms with Crippen molar-refractivity contribution in [3.8, 4) is 0 Å². The summed E-state index contributed by atoms with van der Waals surface area (Å²) < 4.78 is 0. The summed E-state index contributed by atoms with van der Waals surface area (Å²) in [5, 5.41) is 11.7. The molecule has 3 rings (SSSR count). The predicted molar refractivity (Wildman–Crippen MR) is 86.1 cm³/mol. The van der Waals surface area contributed by atoms with Gasteiger partial charge in [-0.3, -0.25) is 10.1 Å². The van der Waals surface area contributed by atoms with Crippen molar-refractivity contribution in [2.45, 2.75) is 0 Å². The summed E-state index contributed by atoms with van der Waals surface area (Å²) in [7, 11) is 0. The molecular formula is C15H11N3O2S. The maximum Gasteiger partial charge on any atom is 0.324 e. The van der Waals surface area contributed by atoms with Gasteiger partial charge in [0.05, 0.1) is 16.1 Å². The van der Waals surface area contributed by atoms with Crippen molar-refractivity contribution in [2.75, 3.05) is 5.73 Å². The van der Waals surface area contributed by atoms with Crippen LogP contribution in [0.1, 0.15) is 10.6 Å². The van der Waals surface area contributed by atoms with E-state index in [1.54, 1.807) is 24.3 Å². The van der Waals surface area contributed by atoms with Gasteiger partial charge in [-0.05, 0) is 30.4 Å². The minimum atomic E-state index is -0.395. The first-order valence-corrected chi connectivity index (χ1v) is 7.03. The number of hydrogen-bond acceptors (Lipinski definition) is 5. The van der Waals surface area contributed by atoms with Crippen LogP contribution in [0.4, 0.5) is 10.7 Å². The van der Waals surface area contributed by atoms with Crippen LogP contribution in [-0.2, 0) is 0 Å². The van der Waals surface area contributed by atoms with E-state index >= 15 is 0 Å². The molecule has 0 aliphatic carbocycles. The number of anilines is 1. The third kappa shape index (κ3) is 2.75. The molecule has 0 aliphatic rings. The van der Waals surface area contributed by atoms with Gasteiger partial charge in [-0.1, -0.05) is 29.5 Å². The third-order valence-electron chi connectivity index (χ3n) is 2.98. The van der Waals surface area contributed by atoms with Crippen molar-refractivity contribution in [2.24, 2.45) is 0 Å². The second-order valence-electron chi connectivity index (χ2n) is 4.42. The summed E-state index contributed by atoms with van der Waals surface area (Å²) >= 11 is 1.12. The van der Waals surface area contributed by atoms with E-state index in [2.05, 4.69) is 4.98 Å². The summed E-state index contributed by atoms with van der Waals surface area (Å²) in [4.78, 5) is 15.5. The standard InChI is InChI=1S/C15H11N3O2S/c16-13-9-10(17-14-4-2-1-3-12(13)14)5-6-11-7-8-15(21-11)18(19)20/h1-9H,(H2,16,17)/b6-5+. The Bertz CT molecular complexity index is 855. The predicted octanol–water partition coefficient (Wildman–Crippen LogP) is 3.96. The van der Waals surface area contributed by atoms with E-state index in [0.29, 0.717) is 5.69 Å².